The van der Waals surface area contributed by atoms with Gasteiger partial charge < -0.3 is 4.74 Å². The highest BCUT2D eigenvalue weighted by atomic mass is 32.2. The fourth-order valence-corrected chi connectivity index (χ4v) is 3.36. The van der Waals surface area contributed by atoms with Crippen LogP contribution >= 0.6 is 0 Å². The Kier molecular flexibility index (Phi) is 4.73. The van der Waals surface area contributed by atoms with Gasteiger partial charge in [-0.05, 0) is 19.8 Å². The van der Waals surface area contributed by atoms with E-state index < -0.39 is 27.3 Å². The second kappa shape index (κ2) is 5.63. The molecule has 1 fully saturated rings. The van der Waals surface area contributed by atoms with Crippen LogP contribution in [0.1, 0.15) is 39.0 Å². The quantitative estimate of drug-likeness (QED) is 0.800. The second-order valence-electron chi connectivity index (χ2n) is 4.15. The number of carbonyl (C=O) groups excluding carboxylic acids is 1. The summed E-state index contributed by atoms with van der Waals surface area (Å²) in [6, 6.07) is 0. The molecule has 1 amide bonds. The highest BCUT2D eigenvalue weighted by Gasteiger charge is 2.29. The van der Waals surface area contributed by atoms with Gasteiger partial charge in [0.2, 0.25) is 10.0 Å². The molecule has 0 aliphatic heterocycles. The van der Waals surface area contributed by atoms with Crippen LogP contribution in [0.3, 0.4) is 0 Å². The van der Waals surface area contributed by atoms with E-state index in [9.17, 15) is 13.2 Å². The predicted molar refractivity (Wildman–Crippen MR) is 60.4 cm³/mol. The molecule has 1 rings (SSSR count). The minimum Gasteiger partial charge on any atom is -0.372 e. The van der Waals surface area contributed by atoms with Crippen molar-refractivity contribution in [2.45, 2.75) is 50.4 Å². The van der Waals surface area contributed by atoms with E-state index >= 15 is 0 Å². The summed E-state index contributed by atoms with van der Waals surface area (Å²) in [5.41, 5.74) is 0. The lowest BCUT2D eigenvalue weighted by Crippen LogP contribution is -2.43. The molecular formula is C10H19NO4S. The first kappa shape index (κ1) is 13.4. The SMILES string of the molecule is COC(C)C(=O)NS(=O)(=O)C1CCCCC1. The van der Waals surface area contributed by atoms with Crippen LogP contribution in [0.15, 0.2) is 0 Å². The van der Waals surface area contributed by atoms with Crippen LogP contribution in [0.25, 0.3) is 0 Å². The van der Waals surface area contributed by atoms with Crippen molar-refractivity contribution in [3.8, 4) is 0 Å². The summed E-state index contributed by atoms with van der Waals surface area (Å²) < 4.78 is 30.5. The zero-order valence-corrected chi connectivity index (χ0v) is 10.5. The van der Waals surface area contributed by atoms with Gasteiger partial charge in [0.05, 0.1) is 5.25 Å². The molecule has 94 valence electrons. The van der Waals surface area contributed by atoms with Crippen LogP contribution in [0, 0.1) is 0 Å². The average Bonchev–Trinajstić information content (AvgIpc) is 2.28. The fourth-order valence-electron chi connectivity index (χ4n) is 1.79. The van der Waals surface area contributed by atoms with E-state index in [4.69, 9.17) is 4.74 Å². The standard InChI is InChI=1S/C10H19NO4S/c1-8(15-2)10(12)11-16(13,14)9-6-4-3-5-7-9/h8-9H,3-7H2,1-2H3,(H,11,12). The number of ether oxygens (including phenoxy) is 1. The average molecular weight is 249 g/mol. The van der Waals surface area contributed by atoms with Crippen molar-refractivity contribution in [3.05, 3.63) is 0 Å². The first-order chi connectivity index (χ1) is 7.47. The van der Waals surface area contributed by atoms with Crippen molar-refractivity contribution in [1.82, 2.24) is 4.72 Å². The van der Waals surface area contributed by atoms with Gasteiger partial charge in [-0.3, -0.25) is 9.52 Å². The van der Waals surface area contributed by atoms with Gasteiger partial charge in [-0.2, -0.15) is 0 Å². The third-order valence-corrected chi connectivity index (χ3v) is 4.79. The first-order valence-corrected chi connectivity index (χ1v) is 7.10. The molecule has 0 radical (unpaired) electrons. The number of rotatable bonds is 4. The number of hydrogen-bond donors (Lipinski definition) is 1. The Balaban J connectivity index is 2.60. The topological polar surface area (TPSA) is 72.5 Å². The van der Waals surface area contributed by atoms with Gasteiger partial charge in [0.25, 0.3) is 5.91 Å². The summed E-state index contributed by atoms with van der Waals surface area (Å²) in [5.74, 6) is -0.590. The maximum absolute atomic E-state index is 11.8. The molecule has 1 N–H and O–H groups in total. The molecule has 1 atom stereocenters. The minimum absolute atomic E-state index is 0.422. The molecular weight excluding hydrogens is 230 g/mol. The Labute approximate surface area is 96.6 Å². The fraction of sp³-hybridized carbons (Fsp3) is 0.900. The largest absolute Gasteiger partial charge is 0.372 e. The van der Waals surface area contributed by atoms with Crippen LogP contribution in [0.5, 0.6) is 0 Å². The number of sulfonamides is 1. The highest BCUT2D eigenvalue weighted by molar-refractivity contribution is 7.90. The smallest absolute Gasteiger partial charge is 0.262 e. The van der Waals surface area contributed by atoms with Crippen molar-refractivity contribution in [2.75, 3.05) is 7.11 Å². The van der Waals surface area contributed by atoms with Gasteiger partial charge in [-0.15, -0.1) is 0 Å². The lowest BCUT2D eigenvalue weighted by molar-refractivity contribution is -0.128. The van der Waals surface area contributed by atoms with E-state index in [1.54, 1.807) is 0 Å². The van der Waals surface area contributed by atoms with Crippen molar-refractivity contribution in [3.63, 3.8) is 0 Å². The number of hydrogen-bond acceptors (Lipinski definition) is 4. The predicted octanol–water partition coefficient (Wildman–Crippen LogP) is 0.800. The zero-order chi connectivity index (χ0) is 12.2. The van der Waals surface area contributed by atoms with Gasteiger partial charge in [0.15, 0.2) is 0 Å². The Morgan fingerprint density at radius 1 is 1.31 bits per heavy atom. The lowest BCUT2D eigenvalue weighted by Gasteiger charge is -2.22. The molecule has 0 spiro atoms. The summed E-state index contributed by atoms with van der Waals surface area (Å²) >= 11 is 0. The maximum atomic E-state index is 11.8. The summed E-state index contributed by atoms with van der Waals surface area (Å²) in [6.45, 7) is 1.52. The third-order valence-electron chi connectivity index (χ3n) is 2.96. The Morgan fingerprint density at radius 3 is 2.38 bits per heavy atom. The number of nitrogens with one attached hydrogen (secondary N) is 1. The number of methoxy groups -OCH3 is 1. The molecule has 6 heteroatoms. The molecule has 1 aliphatic rings. The molecule has 0 heterocycles. The van der Waals surface area contributed by atoms with Gasteiger partial charge in [0, 0.05) is 7.11 Å². The van der Waals surface area contributed by atoms with E-state index in [1.807, 2.05) is 0 Å². The maximum Gasteiger partial charge on any atom is 0.262 e. The molecule has 0 saturated heterocycles. The molecule has 5 nitrogen and oxygen atoms in total. The van der Waals surface area contributed by atoms with E-state index in [2.05, 4.69) is 4.72 Å². The van der Waals surface area contributed by atoms with Gasteiger partial charge >= 0.3 is 0 Å². The molecule has 0 aromatic heterocycles. The van der Waals surface area contributed by atoms with E-state index in [0.29, 0.717) is 12.8 Å². The normalized spacial score (nSPS) is 20.4. The monoisotopic (exact) mass is 249 g/mol. The molecule has 16 heavy (non-hydrogen) atoms. The van der Waals surface area contributed by atoms with Crippen molar-refractivity contribution < 1.29 is 17.9 Å². The lowest BCUT2D eigenvalue weighted by atomic mass is 10.0. The summed E-state index contributed by atoms with van der Waals surface area (Å²) in [4.78, 5) is 11.4. The van der Waals surface area contributed by atoms with Crippen molar-refractivity contribution >= 4 is 15.9 Å². The molecule has 0 bridgehead atoms. The Bertz CT molecular complexity index is 333. The molecule has 1 unspecified atom stereocenters. The van der Waals surface area contributed by atoms with Crippen molar-refractivity contribution in [2.24, 2.45) is 0 Å². The van der Waals surface area contributed by atoms with Crippen LogP contribution in [-0.4, -0.2) is 32.8 Å². The molecule has 1 aliphatic carbocycles. The van der Waals surface area contributed by atoms with Crippen LogP contribution in [-0.2, 0) is 19.6 Å². The highest BCUT2D eigenvalue weighted by Crippen LogP contribution is 2.22. The second-order valence-corrected chi connectivity index (χ2v) is 6.11. The van der Waals surface area contributed by atoms with Gasteiger partial charge in [-0.1, -0.05) is 19.3 Å². The van der Waals surface area contributed by atoms with E-state index in [0.717, 1.165) is 19.3 Å². The van der Waals surface area contributed by atoms with Crippen molar-refractivity contribution in [1.29, 1.82) is 0 Å². The number of carbonyl (C=O) groups is 1. The van der Waals surface area contributed by atoms with Crippen LogP contribution < -0.4 is 4.72 Å². The third kappa shape index (κ3) is 3.45. The summed E-state index contributed by atoms with van der Waals surface area (Å²) in [5, 5.41) is -0.422. The number of amides is 1. The molecule has 1 saturated carbocycles. The van der Waals surface area contributed by atoms with E-state index in [1.165, 1.54) is 14.0 Å². The minimum atomic E-state index is -3.52. The molecule has 0 aromatic carbocycles. The van der Waals surface area contributed by atoms with Crippen LogP contribution in [0.2, 0.25) is 0 Å². The summed E-state index contributed by atoms with van der Waals surface area (Å²) in [6.07, 6.45) is 3.46. The summed E-state index contributed by atoms with van der Waals surface area (Å²) in [7, 11) is -2.14. The van der Waals surface area contributed by atoms with Gasteiger partial charge in [0.1, 0.15) is 6.10 Å². The zero-order valence-electron chi connectivity index (χ0n) is 9.73. The van der Waals surface area contributed by atoms with E-state index in [-0.39, 0.29) is 0 Å². The Hall–Kier alpha value is -0.620. The first-order valence-electron chi connectivity index (χ1n) is 5.55. The van der Waals surface area contributed by atoms with Gasteiger partial charge in [-0.25, -0.2) is 8.42 Å². The van der Waals surface area contributed by atoms with Crippen LogP contribution in [0.4, 0.5) is 0 Å². The Morgan fingerprint density at radius 2 is 1.88 bits per heavy atom. The molecule has 0 aromatic rings.